The third kappa shape index (κ3) is 6.49. The van der Waals surface area contributed by atoms with Gasteiger partial charge < -0.3 is 19.7 Å². The number of esters is 1. The van der Waals surface area contributed by atoms with Crippen LogP contribution < -0.4 is 15.0 Å². The molecule has 0 unspecified atom stereocenters. The quantitative estimate of drug-likeness (QED) is 0.378. The molecular weight excluding hydrogens is 376 g/mol. The summed E-state index contributed by atoms with van der Waals surface area (Å²) in [6, 6.07) is 14.2. The predicted octanol–water partition coefficient (Wildman–Crippen LogP) is 3.91. The molecule has 0 heterocycles. The van der Waals surface area contributed by atoms with Crippen LogP contribution in [0.4, 0.5) is 10.5 Å². The Labute approximate surface area is 171 Å². The van der Waals surface area contributed by atoms with Crippen molar-refractivity contribution in [1.29, 1.82) is 0 Å². The number of rotatable bonds is 9. The fraction of sp³-hybridized carbons (Fsp3) is 0.333. The summed E-state index contributed by atoms with van der Waals surface area (Å²) in [7, 11) is 0. The van der Waals surface area contributed by atoms with Gasteiger partial charge in [0.1, 0.15) is 12.4 Å². The van der Waals surface area contributed by atoms with E-state index in [1.165, 1.54) is 0 Å². The van der Waals surface area contributed by atoms with Crippen molar-refractivity contribution in [2.24, 2.45) is 0 Å². The van der Waals surface area contributed by atoms with Crippen molar-refractivity contribution < 1.29 is 19.1 Å². The molecule has 28 heavy (non-hydrogen) atoms. The molecule has 0 aliphatic rings. The molecule has 0 spiro atoms. The zero-order valence-corrected chi connectivity index (χ0v) is 17.1. The molecule has 0 aliphatic heterocycles. The topological polar surface area (TPSA) is 67.9 Å². The average Bonchev–Trinajstić information content (AvgIpc) is 2.72. The predicted molar refractivity (Wildman–Crippen MR) is 113 cm³/mol. The Morgan fingerprint density at radius 2 is 1.79 bits per heavy atom. The highest BCUT2D eigenvalue weighted by atomic mass is 32.1. The van der Waals surface area contributed by atoms with Gasteiger partial charge in [-0.15, -0.1) is 0 Å². The molecule has 150 valence electrons. The van der Waals surface area contributed by atoms with Gasteiger partial charge in [0.25, 0.3) is 0 Å². The second-order valence-corrected chi connectivity index (χ2v) is 6.43. The molecule has 2 rings (SSSR count). The van der Waals surface area contributed by atoms with Gasteiger partial charge in [0.15, 0.2) is 0 Å². The molecule has 1 amide bonds. The minimum atomic E-state index is -0.495. The maximum atomic E-state index is 12.4. The third-order valence-corrected chi connectivity index (χ3v) is 4.32. The highest BCUT2D eigenvalue weighted by molar-refractivity contribution is 7.80. The summed E-state index contributed by atoms with van der Waals surface area (Å²) >= 11 is 4.01. The lowest BCUT2D eigenvalue weighted by Gasteiger charge is -2.21. The van der Waals surface area contributed by atoms with Crippen LogP contribution in [0.3, 0.4) is 0 Å². The van der Waals surface area contributed by atoms with E-state index in [-0.39, 0.29) is 6.61 Å². The SMILES string of the molecule is CCN(CC)c1cccc(OC(=O)c2ccc(COC(=O)NCCS)cc2)c1. The second-order valence-electron chi connectivity index (χ2n) is 5.98. The van der Waals surface area contributed by atoms with E-state index in [2.05, 4.69) is 36.7 Å². The highest BCUT2D eigenvalue weighted by Crippen LogP contribution is 2.22. The third-order valence-electron chi connectivity index (χ3n) is 4.10. The number of carbonyl (C=O) groups excluding carboxylic acids is 2. The molecule has 0 fully saturated rings. The van der Waals surface area contributed by atoms with Gasteiger partial charge in [-0.1, -0.05) is 18.2 Å². The number of nitrogens with zero attached hydrogens (tertiary/aromatic N) is 1. The van der Waals surface area contributed by atoms with Crippen LogP contribution in [-0.2, 0) is 11.3 Å². The van der Waals surface area contributed by atoms with E-state index in [1.54, 1.807) is 30.3 Å². The lowest BCUT2D eigenvalue weighted by molar-refractivity contribution is 0.0734. The molecule has 6 nitrogen and oxygen atoms in total. The summed E-state index contributed by atoms with van der Waals surface area (Å²) in [5.41, 5.74) is 2.22. The summed E-state index contributed by atoms with van der Waals surface area (Å²) in [4.78, 5) is 26.0. The minimum absolute atomic E-state index is 0.125. The molecule has 0 radical (unpaired) electrons. The van der Waals surface area contributed by atoms with E-state index in [0.717, 1.165) is 24.3 Å². The summed E-state index contributed by atoms with van der Waals surface area (Å²) in [5.74, 6) is 0.613. The van der Waals surface area contributed by atoms with Crippen LogP contribution in [0.25, 0.3) is 0 Å². The number of carbonyl (C=O) groups is 2. The zero-order valence-electron chi connectivity index (χ0n) is 16.2. The van der Waals surface area contributed by atoms with E-state index in [4.69, 9.17) is 9.47 Å². The molecule has 7 heteroatoms. The van der Waals surface area contributed by atoms with Crippen LogP contribution in [0.1, 0.15) is 29.8 Å². The number of amides is 1. The van der Waals surface area contributed by atoms with Crippen molar-refractivity contribution in [3.63, 3.8) is 0 Å². The van der Waals surface area contributed by atoms with E-state index in [1.807, 2.05) is 18.2 Å². The standard InChI is InChI=1S/C21H26N2O4S/c1-3-23(4-2)18-6-5-7-19(14-18)27-20(24)17-10-8-16(9-11-17)15-26-21(25)22-12-13-28/h5-11,14,28H,3-4,12-13,15H2,1-2H3,(H,22,25). The number of thiol groups is 1. The van der Waals surface area contributed by atoms with Crippen molar-refractivity contribution in [3.8, 4) is 5.75 Å². The highest BCUT2D eigenvalue weighted by Gasteiger charge is 2.11. The van der Waals surface area contributed by atoms with Crippen LogP contribution in [0.15, 0.2) is 48.5 Å². The first-order valence-electron chi connectivity index (χ1n) is 9.25. The van der Waals surface area contributed by atoms with Gasteiger partial charge in [0, 0.05) is 37.1 Å². The maximum Gasteiger partial charge on any atom is 0.407 e. The molecule has 2 aromatic rings. The summed E-state index contributed by atoms with van der Waals surface area (Å²) in [6.45, 7) is 6.49. The largest absolute Gasteiger partial charge is 0.445 e. The molecule has 0 bridgehead atoms. The van der Waals surface area contributed by atoms with Crippen molar-refractivity contribution >= 4 is 30.4 Å². The van der Waals surface area contributed by atoms with Gasteiger partial charge in [-0.05, 0) is 43.7 Å². The number of benzene rings is 2. The Morgan fingerprint density at radius 3 is 2.43 bits per heavy atom. The Balaban J connectivity index is 1.94. The molecule has 0 aliphatic carbocycles. The van der Waals surface area contributed by atoms with Gasteiger partial charge in [-0.2, -0.15) is 12.6 Å². The molecule has 0 aromatic heterocycles. The number of hydrogen-bond donors (Lipinski definition) is 2. The lowest BCUT2D eigenvalue weighted by atomic mass is 10.1. The van der Waals surface area contributed by atoms with Crippen LogP contribution in [-0.4, -0.2) is 37.4 Å². The monoisotopic (exact) mass is 402 g/mol. The zero-order chi connectivity index (χ0) is 20.4. The van der Waals surface area contributed by atoms with E-state index < -0.39 is 12.1 Å². The van der Waals surface area contributed by atoms with Crippen molar-refractivity contribution in [1.82, 2.24) is 5.32 Å². The van der Waals surface area contributed by atoms with Gasteiger partial charge >= 0.3 is 12.1 Å². The van der Waals surface area contributed by atoms with Gasteiger partial charge in [-0.25, -0.2) is 9.59 Å². The summed E-state index contributed by atoms with van der Waals surface area (Å²) in [5, 5.41) is 2.57. The normalized spacial score (nSPS) is 10.2. The molecule has 0 atom stereocenters. The second kappa shape index (κ2) is 11.2. The van der Waals surface area contributed by atoms with Crippen molar-refractivity contribution in [3.05, 3.63) is 59.7 Å². The molecule has 1 N–H and O–H groups in total. The first kappa shape index (κ1) is 21.6. The lowest BCUT2D eigenvalue weighted by Crippen LogP contribution is -2.25. The van der Waals surface area contributed by atoms with E-state index >= 15 is 0 Å². The molecular formula is C21H26N2O4S. The fourth-order valence-electron chi connectivity index (χ4n) is 2.59. The van der Waals surface area contributed by atoms with E-state index in [0.29, 0.717) is 23.6 Å². The van der Waals surface area contributed by atoms with Crippen LogP contribution in [0, 0.1) is 0 Å². The number of hydrogen-bond acceptors (Lipinski definition) is 6. The van der Waals surface area contributed by atoms with Gasteiger partial charge in [0.2, 0.25) is 0 Å². The van der Waals surface area contributed by atoms with Gasteiger partial charge in [-0.3, -0.25) is 0 Å². The maximum absolute atomic E-state index is 12.4. The average molecular weight is 403 g/mol. The van der Waals surface area contributed by atoms with Crippen molar-refractivity contribution in [2.45, 2.75) is 20.5 Å². The number of nitrogens with one attached hydrogen (secondary N) is 1. The van der Waals surface area contributed by atoms with Crippen LogP contribution in [0.5, 0.6) is 5.75 Å². The number of alkyl carbamates (subject to hydrolysis) is 1. The minimum Gasteiger partial charge on any atom is -0.445 e. The first-order valence-corrected chi connectivity index (χ1v) is 9.88. The van der Waals surface area contributed by atoms with E-state index in [9.17, 15) is 9.59 Å². The van der Waals surface area contributed by atoms with Crippen LogP contribution in [0.2, 0.25) is 0 Å². The Bertz CT molecular complexity index is 776. The summed E-state index contributed by atoms with van der Waals surface area (Å²) < 4.78 is 10.6. The van der Waals surface area contributed by atoms with Crippen molar-refractivity contribution in [2.75, 3.05) is 30.3 Å². The smallest absolute Gasteiger partial charge is 0.407 e. The first-order chi connectivity index (χ1) is 13.6. The Kier molecular flexibility index (Phi) is 8.68. The molecule has 0 saturated carbocycles. The Morgan fingerprint density at radius 1 is 1.07 bits per heavy atom. The van der Waals surface area contributed by atoms with Crippen LogP contribution >= 0.6 is 12.6 Å². The number of ether oxygens (including phenoxy) is 2. The summed E-state index contributed by atoms with van der Waals surface area (Å²) in [6.07, 6.45) is -0.495. The number of anilines is 1. The van der Waals surface area contributed by atoms with Gasteiger partial charge in [0.05, 0.1) is 5.56 Å². The Hall–Kier alpha value is -2.67. The molecule has 0 saturated heterocycles. The fourth-order valence-corrected chi connectivity index (χ4v) is 2.71. The molecule has 2 aromatic carbocycles.